The molecule has 0 aliphatic carbocycles. The van der Waals surface area contributed by atoms with Gasteiger partial charge in [0.25, 0.3) is 11.8 Å². The molecule has 1 aromatic carbocycles. The number of nitrogens with one attached hydrogen (secondary N) is 1. The van der Waals surface area contributed by atoms with Crippen LogP contribution in [-0.2, 0) is 0 Å². The number of carbonyl (C=O) groups excluding carboxylic acids is 2. The van der Waals surface area contributed by atoms with Gasteiger partial charge in [-0.3, -0.25) is 14.6 Å². The molecule has 0 aliphatic rings. The fourth-order valence-electron chi connectivity index (χ4n) is 3.42. The molecule has 0 aliphatic heterocycles. The molecule has 0 spiro atoms. The molecule has 0 saturated carbocycles. The molecule has 0 bridgehead atoms. The van der Waals surface area contributed by atoms with Crippen LogP contribution in [0.2, 0.25) is 0 Å². The van der Waals surface area contributed by atoms with Gasteiger partial charge in [0.05, 0.1) is 18.4 Å². The van der Waals surface area contributed by atoms with Gasteiger partial charge in [-0.15, -0.1) is 0 Å². The van der Waals surface area contributed by atoms with Crippen LogP contribution in [0.25, 0.3) is 22.5 Å². The van der Waals surface area contributed by atoms with Crippen LogP contribution < -0.4 is 10.1 Å². The summed E-state index contributed by atoms with van der Waals surface area (Å²) < 4.78 is 10.7. The van der Waals surface area contributed by atoms with Gasteiger partial charge in [0, 0.05) is 37.6 Å². The number of amides is 2. The first-order valence-electron chi connectivity index (χ1n) is 10.4. The Hall–Kier alpha value is -4.53. The first kappa shape index (κ1) is 22.7. The van der Waals surface area contributed by atoms with Crippen molar-refractivity contribution < 1.29 is 18.8 Å². The van der Waals surface area contributed by atoms with Crippen LogP contribution >= 0.6 is 0 Å². The number of ether oxygens (including phenoxy) is 1. The second kappa shape index (κ2) is 9.53. The van der Waals surface area contributed by atoms with Gasteiger partial charge in [-0.1, -0.05) is 35.5 Å². The quantitative estimate of drug-likeness (QED) is 0.465. The molecule has 0 saturated heterocycles. The minimum absolute atomic E-state index is 0.163. The van der Waals surface area contributed by atoms with Crippen LogP contribution in [0.3, 0.4) is 0 Å². The lowest BCUT2D eigenvalue weighted by Crippen LogP contribution is -2.21. The van der Waals surface area contributed by atoms with E-state index in [0.717, 1.165) is 5.56 Å². The van der Waals surface area contributed by atoms with E-state index in [1.807, 2.05) is 30.3 Å². The van der Waals surface area contributed by atoms with Crippen LogP contribution in [0.5, 0.6) is 5.88 Å². The maximum atomic E-state index is 13.2. The summed E-state index contributed by atoms with van der Waals surface area (Å²) >= 11 is 0. The van der Waals surface area contributed by atoms with Crippen molar-refractivity contribution in [3.63, 3.8) is 0 Å². The average molecular weight is 457 g/mol. The first-order valence-corrected chi connectivity index (χ1v) is 10.4. The SMILES string of the molecule is COc1nc(-c2cncc(C(=O)N(C)C)c2)ccc1NC(=O)c1c(-c2ccccc2)noc1C. The van der Waals surface area contributed by atoms with E-state index in [1.54, 1.807) is 45.4 Å². The Bertz CT molecular complexity index is 1350. The summed E-state index contributed by atoms with van der Waals surface area (Å²) in [7, 11) is 4.81. The van der Waals surface area contributed by atoms with E-state index >= 15 is 0 Å². The smallest absolute Gasteiger partial charge is 0.261 e. The Morgan fingerprint density at radius 2 is 1.79 bits per heavy atom. The van der Waals surface area contributed by atoms with Crippen LogP contribution in [0.4, 0.5) is 5.69 Å². The van der Waals surface area contributed by atoms with Gasteiger partial charge in [-0.05, 0) is 25.1 Å². The average Bonchev–Trinajstić information content (AvgIpc) is 3.25. The third-order valence-electron chi connectivity index (χ3n) is 5.13. The minimum Gasteiger partial charge on any atom is -0.479 e. The van der Waals surface area contributed by atoms with Gasteiger partial charge in [0.15, 0.2) is 0 Å². The summed E-state index contributed by atoms with van der Waals surface area (Å²) in [5.41, 5.74) is 3.56. The van der Waals surface area contributed by atoms with Gasteiger partial charge in [0.1, 0.15) is 22.7 Å². The number of carbonyl (C=O) groups is 2. The van der Waals surface area contributed by atoms with Crippen LogP contribution in [-0.4, -0.2) is 53.0 Å². The number of rotatable bonds is 6. The largest absolute Gasteiger partial charge is 0.479 e. The van der Waals surface area contributed by atoms with E-state index in [4.69, 9.17) is 9.26 Å². The number of nitrogens with zero attached hydrogens (tertiary/aromatic N) is 4. The van der Waals surface area contributed by atoms with E-state index in [9.17, 15) is 9.59 Å². The van der Waals surface area contributed by atoms with Crippen molar-refractivity contribution in [2.24, 2.45) is 0 Å². The van der Waals surface area contributed by atoms with E-state index < -0.39 is 5.91 Å². The topological polar surface area (TPSA) is 110 Å². The molecule has 2 amide bonds. The molecule has 34 heavy (non-hydrogen) atoms. The number of methoxy groups -OCH3 is 1. The molecule has 3 heterocycles. The third kappa shape index (κ3) is 4.49. The zero-order valence-corrected chi connectivity index (χ0v) is 19.2. The number of benzene rings is 1. The minimum atomic E-state index is -0.398. The second-order valence-corrected chi connectivity index (χ2v) is 7.70. The van der Waals surface area contributed by atoms with Crippen molar-refractivity contribution in [3.8, 4) is 28.4 Å². The summed E-state index contributed by atoms with van der Waals surface area (Å²) in [4.78, 5) is 35.6. The molecular formula is C25H23N5O4. The second-order valence-electron chi connectivity index (χ2n) is 7.70. The molecule has 0 unspecified atom stereocenters. The van der Waals surface area contributed by atoms with Gasteiger partial charge in [0.2, 0.25) is 5.88 Å². The van der Waals surface area contributed by atoms with Crippen molar-refractivity contribution in [1.29, 1.82) is 0 Å². The van der Waals surface area contributed by atoms with E-state index in [0.29, 0.717) is 39.5 Å². The Morgan fingerprint density at radius 1 is 1.03 bits per heavy atom. The molecule has 3 aromatic heterocycles. The van der Waals surface area contributed by atoms with Crippen molar-refractivity contribution in [1.82, 2.24) is 20.0 Å². The van der Waals surface area contributed by atoms with E-state index in [-0.39, 0.29) is 11.8 Å². The lowest BCUT2D eigenvalue weighted by Gasteiger charge is -2.13. The highest BCUT2D eigenvalue weighted by Gasteiger charge is 2.23. The lowest BCUT2D eigenvalue weighted by molar-refractivity contribution is 0.0827. The number of aryl methyl sites for hydroxylation is 1. The predicted molar refractivity (Wildman–Crippen MR) is 127 cm³/mol. The van der Waals surface area contributed by atoms with Gasteiger partial charge in [-0.25, -0.2) is 4.98 Å². The molecule has 4 rings (SSSR count). The standard InChI is InChI=1S/C25H23N5O4/c1-15-21(22(29-34-15)16-8-6-5-7-9-16)23(31)27-20-11-10-19(28-24(20)33-4)17-12-18(14-26-13-17)25(32)30(2)3/h5-14H,1-4H3,(H,27,31). The number of aromatic nitrogens is 3. The number of hydrogen-bond donors (Lipinski definition) is 1. The summed E-state index contributed by atoms with van der Waals surface area (Å²) in [5, 5.41) is 6.89. The normalized spacial score (nSPS) is 10.6. The fraction of sp³-hybridized carbons (Fsp3) is 0.160. The zero-order chi connectivity index (χ0) is 24.2. The van der Waals surface area contributed by atoms with Crippen LogP contribution in [0, 0.1) is 6.92 Å². The van der Waals surface area contributed by atoms with Crippen LogP contribution in [0.1, 0.15) is 26.5 Å². The Kier molecular flexibility index (Phi) is 6.35. The molecule has 9 nitrogen and oxygen atoms in total. The Morgan fingerprint density at radius 3 is 2.50 bits per heavy atom. The Balaban J connectivity index is 1.63. The Labute approximate surface area is 196 Å². The van der Waals surface area contributed by atoms with Gasteiger partial charge in [-0.2, -0.15) is 0 Å². The molecule has 0 atom stereocenters. The maximum Gasteiger partial charge on any atom is 0.261 e. The summed E-state index contributed by atoms with van der Waals surface area (Å²) in [6, 6.07) is 14.4. The summed E-state index contributed by atoms with van der Waals surface area (Å²) in [6.07, 6.45) is 3.11. The van der Waals surface area contributed by atoms with Crippen LogP contribution in [0.15, 0.2) is 65.4 Å². The van der Waals surface area contributed by atoms with Crippen molar-refractivity contribution in [2.45, 2.75) is 6.92 Å². The fourth-order valence-corrected chi connectivity index (χ4v) is 3.42. The number of anilines is 1. The zero-order valence-electron chi connectivity index (χ0n) is 19.2. The first-order chi connectivity index (χ1) is 16.4. The predicted octanol–water partition coefficient (Wildman–Crippen LogP) is 4.07. The number of pyridine rings is 2. The highest BCUT2D eigenvalue weighted by molar-refractivity contribution is 6.09. The molecule has 172 valence electrons. The monoisotopic (exact) mass is 457 g/mol. The third-order valence-corrected chi connectivity index (χ3v) is 5.13. The van der Waals surface area contributed by atoms with Gasteiger partial charge >= 0.3 is 0 Å². The summed E-state index contributed by atoms with van der Waals surface area (Å²) in [5.74, 6) is 0.0492. The maximum absolute atomic E-state index is 13.2. The van der Waals surface area contributed by atoms with Crippen molar-refractivity contribution in [3.05, 3.63) is 77.8 Å². The molecule has 0 fully saturated rings. The molecule has 4 aromatic rings. The number of hydrogen-bond acceptors (Lipinski definition) is 7. The summed E-state index contributed by atoms with van der Waals surface area (Å²) in [6.45, 7) is 1.68. The van der Waals surface area contributed by atoms with Crippen molar-refractivity contribution in [2.75, 3.05) is 26.5 Å². The van der Waals surface area contributed by atoms with Crippen molar-refractivity contribution >= 4 is 17.5 Å². The highest BCUT2D eigenvalue weighted by Crippen LogP contribution is 2.30. The molecule has 9 heteroatoms. The lowest BCUT2D eigenvalue weighted by atomic mass is 10.1. The molecule has 0 radical (unpaired) electrons. The molecular weight excluding hydrogens is 434 g/mol. The van der Waals surface area contributed by atoms with Gasteiger partial charge < -0.3 is 19.5 Å². The van der Waals surface area contributed by atoms with E-state index in [1.165, 1.54) is 18.2 Å². The van der Waals surface area contributed by atoms with E-state index in [2.05, 4.69) is 20.4 Å². The molecule has 1 N–H and O–H groups in total. The highest BCUT2D eigenvalue weighted by atomic mass is 16.5.